The van der Waals surface area contributed by atoms with Crippen LogP contribution in [0.4, 0.5) is 0 Å². The quantitative estimate of drug-likeness (QED) is 0.906. The summed E-state index contributed by atoms with van der Waals surface area (Å²) in [6.45, 7) is 1.96. The molecule has 1 N–H and O–H groups in total. The molecule has 0 spiro atoms. The van der Waals surface area contributed by atoms with E-state index in [1.807, 2.05) is 13.1 Å². The van der Waals surface area contributed by atoms with Crippen molar-refractivity contribution in [3.8, 4) is 6.07 Å². The molecule has 0 aliphatic carbocycles. The van der Waals surface area contributed by atoms with Crippen molar-refractivity contribution in [3.05, 3.63) is 29.8 Å². The highest BCUT2D eigenvalue weighted by molar-refractivity contribution is 7.89. The first-order valence-electron chi connectivity index (χ1n) is 6.23. The van der Waals surface area contributed by atoms with E-state index in [0.717, 1.165) is 13.0 Å². The van der Waals surface area contributed by atoms with E-state index in [1.165, 1.54) is 28.6 Å². The summed E-state index contributed by atoms with van der Waals surface area (Å²) in [5.41, 5.74) is 0.466. The third kappa shape index (κ3) is 3.49. The van der Waals surface area contributed by atoms with Crippen LogP contribution in [-0.2, 0) is 10.0 Å². The molecule has 1 saturated heterocycles. The average molecular weight is 316 g/mol. The van der Waals surface area contributed by atoms with Gasteiger partial charge in [-0.05, 0) is 50.2 Å². The molecule has 1 fully saturated rings. The van der Waals surface area contributed by atoms with Crippen LogP contribution in [0, 0.1) is 17.2 Å². The third-order valence-corrected chi connectivity index (χ3v) is 5.24. The number of nitrogens with zero attached hydrogens (tertiary/aromatic N) is 2. The summed E-state index contributed by atoms with van der Waals surface area (Å²) in [6, 6.07) is 8.05. The second kappa shape index (κ2) is 7.04. The predicted octanol–water partition coefficient (Wildman–Crippen LogP) is 1.21. The lowest BCUT2D eigenvalue weighted by atomic mass is 10.1. The number of nitriles is 1. The fourth-order valence-electron chi connectivity index (χ4n) is 2.32. The van der Waals surface area contributed by atoms with Crippen molar-refractivity contribution >= 4 is 22.4 Å². The number of hydrogen-bond donors (Lipinski definition) is 1. The summed E-state index contributed by atoms with van der Waals surface area (Å²) in [6.07, 6.45) is 0.885. The van der Waals surface area contributed by atoms with E-state index in [2.05, 4.69) is 5.32 Å². The molecule has 0 amide bonds. The standard InChI is InChI=1S/C13H17N3O2S.ClH/c1-15-9-12-6-7-16(10-12)19(17,18)13-4-2-11(8-14)3-5-13;/h2-5,12,15H,6-7,9-10H2,1H3;1H. The molecule has 20 heavy (non-hydrogen) atoms. The molecular weight excluding hydrogens is 298 g/mol. The molecule has 0 radical (unpaired) electrons. The number of hydrogen-bond acceptors (Lipinski definition) is 4. The van der Waals surface area contributed by atoms with Crippen LogP contribution in [0.3, 0.4) is 0 Å². The minimum absolute atomic E-state index is 0. The van der Waals surface area contributed by atoms with Crippen LogP contribution >= 0.6 is 12.4 Å². The van der Waals surface area contributed by atoms with Gasteiger partial charge in [-0.15, -0.1) is 12.4 Å². The summed E-state index contributed by atoms with van der Waals surface area (Å²) in [5.74, 6) is 0.373. The summed E-state index contributed by atoms with van der Waals surface area (Å²) < 4.78 is 26.3. The highest BCUT2D eigenvalue weighted by Crippen LogP contribution is 2.24. The minimum atomic E-state index is -3.42. The molecule has 0 aromatic heterocycles. The van der Waals surface area contributed by atoms with Crippen molar-refractivity contribution < 1.29 is 8.42 Å². The number of benzene rings is 1. The second-order valence-electron chi connectivity index (χ2n) is 4.71. The Morgan fingerprint density at radius 1 is 1.40 bits per heavy atom. The van der Waals surface area contributed by atoms with Gasteiger partial charge in [0, 0.05) is 13.1 Å². The molecule has 1 aliphatic heterocycles. The van der Waals surface area contributed by atoms with Crippen LogP contribution in [0.15, 0.2) is 29.2 Å². The molecule has 0 bridgehead atoms. The average Bonchev–Trinajstić information content (AvgIpc) is 2.89. The molecule has 1 unspecified atom stereocenters. The smallest absolute Gasteiger partial charge is 0.243 e. The van der Waals surface area contributed by atoms with E-state index in [4.69, 9.17) is 5.26 Å². The summed E-state index contributed by atoms with van der Waals surface area (Å²) >= 11 is 0. The molecule has 1 aromatic carbocycles. The van der Waals surface area contributed by atoms with Gasteiger partial charge in [0.25, 0.3) is 0 Å². The molecule has 5 nitrogen and oxygen atoms in total. The first-order chi connectivity index (χ1) is 9.07. The highest BCUT2D eigenvalue weighted by atomic mass is 35.5. The van der Waals surface area contributed by atoms with Gasteiger partial charge in [0.05, 0.1) is 16.5 Å². The van der Waals surface area contributed by atoms with Crippen LogP contribution in [-0.4, -0.2) is 39.4 Å². The lowest BCUT2D eigenvalue weighted by Gasteiger charge is -2.16. The van der Waals surface area contributed by atoms with Crippen molar-refractivity contribution in [2.45, 2.75) is 11.3 Å². The van der Waals surface area contributed by atoms with E-state index in [9.17, 15) is 8.42 Å². The SMILES string of the molecule is CNCC1CCN(S(=O)(=O)c2ccc(C#N)cc2)C1.Cl. The highest BCUT2D eigenvalue weighted by Gasteiger charge is 2.31. The molecule has 1 heterocycles. The molecule has 0 saturated carbocycles. The first-order valence-corrected chi connectivity index (χ1v) is 7.67. The zero-order chi connectivity index (χ0) is 13.9. The van der Waals surface area contributed by atoms with Gasteiger partial charge in [0.15, 0.2) is 0 Å². The second-order valence-corrected chi connectivity index (χ2v) is 6.65. The fraction of sp³-hybridized carbons (Fsp3) is 0.462. The number of rotatable bonds is 4. The molecule has 110 valence electrons. The molecule has 1 atom stereocenters. The maximum atomic E-state index is 12.4. The topological polar surface area (TPSA) is 73.2 Å². The van der Waals surface area contributed by atoms with E-state index in [-0.39, 0.29) is 17.3 Å². The van der Waals surface area contributed by atoms with Crippen LogP contribution in [0.25, 0.3) is 0 Å². The van der Waals surface area contributed by atoms with E-state index in [1.54, 1.807) is 0 Å². The zero-order valence-corrected chi connectivity index (χ0v) is 12.9. The summed E-state index contributed by atoms with van der Waals surface area (Å²) in [7, 11) is -1.55. The maximum absolute atomic E-state index is 12.4. The molecule has 2 rings (SSSR count). The van der Waals surface area contributed by atoms with Crippen LogP contribution in [0.5, 0.6) is 0 Å². The summed E-state index contributed by atoms with van der Waals surface area (Å²) in [5, 5.41) is 11.8. The Kier molecular flexibility index (Phi) is 5.96. The van der Waals surface area contributed by atoms with Gasteiger partial charge < -0.3 is 5.32 Å². The van der Waals surface area contributed by atoms with Gasteiger partial charge in [-0.3, -0.25) is 0 Å². The van der Waals surface area contributed by atoms with E-state index >= 15 is 0 Å². The Bertz CT molecular complexity index is 581. The Morgan fingerprint density at radius 2 is 2.05 bits per heavy atom. The lowest BCUT2D eigenvalue weighted by Crippen LogP contribution is -2.30. The fourth-order valence-corrected chi connectivity index (χ4v) is 3.85. The minimum Gasteiger partial charge on any atom is -0.319 e. The van der Waals surface area contributed by atoms with Crippen LogP contribution in [0.2, 0.25) is 0 Å². The van der Waals surface area contributed by atoms with Gasteiger partial charge in [-0.25, -0.2) is 8.42 Å². The zero-order valence-electron chi connectivity index (χ0n) is 11.2. The normalized spacial score (nSPS) is 19.3. The third-order valence-electron chi connectivity index (χ3n) is 3.36. The maximum Gasteiger partial charge on any atom is 0.243 e. The van der Waals surface area contributed by atoms with Crippen molar-refractivity contribution in [2.75, 3.05) is 26.7 Å². The van der Waals surface area contributed by atoms with Gasteiger partial charge in [-0.2, -0.15) is 9.57 Å². The van der Waals surface area contributed by atoms with E-state index in [0.29, 0.717) is 24.6 Å². The van der Waals surface area contributed by atoms with Crippen LogP contribution in [0.1, 0.15) is 12.0 Å². The summed E-state index contributed by atoms with van der Waals surface area (Å²) in [4.78, 5) is 0.261. The Balaban J connectivity index is 0.00000200. The monoisotopic (exact) mass is 315 g/mol. The lowest BCUT2D eigenvalue weighted by molar-refractivity contribution is 0.451. The Labute approximate surface area is 126 Å². The molecule has 1 aliphatic rings. The van der Waals surface area contributed by atoms with Crippen molar-refractivity contribution in [1.29, 1.82) is 5.26 Å². The van der Waals surface area contributed by atoms with E-state index < -0.39 is 10.0 Å². The molecule has 1 aromatic rings. The number of sulfonamides is 1. The Morgan fingerprint density at radius 3 is 2.60 bits per heavy atom. The number of halogens is 1. The predicted molar refractivity (Wildman–Crippen MR) is 79.2 cm³/mol. The van der Waals surface area contributed by atoms with Gasteiger partial charge in [-0.1, -0.05) is 0 Å². The van der Waals surface area contributed by atoms with Crippen molar-refractivity contribution in [2.24, 2.45) is 5.92 Å². The van der Waals surface area contributed by atoms with Crippen molar-refractivity contribution in [1.82, 2.24) is 9.62 Å². The van der Waals surface area contributed by atoms with Gasteiger partial charge in [0.1, 0.15) is 0 Å². The number of nitrogens with one attached hydrogen (secondary N) is 1. The largest absolute Gasteiger partial charge is 0.319 e. The molecule has 7 heteroatoms. The van der Waals surface area contributed by atoms with Gasteiger partial charge in [0.2, 0.25) is 10.0 Å². The van der Waals surface area contributed by atoms with Crippen molar-refractivity contribution in [3.63, 3.8) is 0 Å². The Hall–Kier alpha value is -1.13. The first kappa shape index (κ1) is 16.9. The van der Waals surface area contributed by atoms with Gasteiger partial charge >= 0.3 is 0 Å². The molecular formula is C13H18ClN3O2S. The van der Waals surface area contributed by atoms with Crippen LogP contribution < -0.4 is 5.32 Å².